The van der Waals surface area contributed by atoms with Gasteiger partial charge in [-0.3, -0.25) is 15.0 Å². The molecule has 290 valence electrons. The Labute approximate surface area is 357 Å². The van der Waals surface area contributed by atoms with Crippen molar-refractivity contribution in [3.8, 4) is 33.4 Å². The Balaban J connectivity index is 0.967. The van der Waals surface area contributed by atoms with E-state index in [-0.39, 0.29) is 0 Å². The van der Waals surface area contributed by atoms with E-state index >= 15 is 0 Å². The van der Waals surface area contributed by atoms with Gasteiger partial charge >= 0.3 is 0 Å². The topological polar surface area (TPSA) is 41.9 Å². The van der Waals surface area contributed by atoms with Gasteiger partial charge in [-0.2, -0.15) is 0 Å². The highest BCUT2D eigenvalue weighted by Crippen LogP contribution is 2.38. The maximum absolute atomic E-state index is 4.11. The van der Waals surface area contributed by atoms with Crippen LogP contribution in [0.15, 0.2) is 219 Å². The largest absolute Gasteiger partial charge is 0.311 e. The first-order valence-electron chi connectivity index (χ1n) is 20.4. The number of benzene rings is 6. The fourth-order valence-electron chi connectivity index (χ4n) is 7.22. The van der Waals surface area contributed by atoms with Gasteiger partial charge in [-0.05, 0) is 140 Å². The molecule has 0 amide bonds. The van der Waals surface area contributed by atoms with Crippen molar-refractivity contribution >= 4 is 53.5 Å². The lowest BCUT2D eigenvalue weighted by molar-refractivity contribution is 1.28. The van der Waals surface area contributed by atoms with Gasteiger partial charge in [-0.1, -0.05) is 146 Å². The maximum atomic E-state index is 4.11. The summed E-state index contributed by atoms with van der Waals surface area (Å²) in [6.45, 7) is 0. The molecule has 9 aromatic rings. The molecule has 0 aliphatic heterocycles. The van der Waals surface area contributed by atoms with Crippen LogP contribution in [0, 0.1) is 0 Å². The number of hydrogen-bond donors (Lipinski definition) is 0. The molecule has 3 heterocycles. The SMILES string of the molecule is C(=Cc1ccc(-c2ccc(N(c3ccc(-c4ccc(C=Cc5ccncc5)cc4)cc3)c3ccc(-c4ccc(C=Cc5ccncc5)cc4)cc3)cc2)cc1)c1ccncc1. The van der Waals surface area contributed by atoms with Crippen LogP contribution in [0.25, 0.3) is 69.8 Å². The third-order valence-corrected chi connectivity index (χ3v) is 10.6. The number of hydrogen-bond acceptors (Lipinski definition) is 4. The van der Waals surface area contributed by atoms with Gasteiger partial charge in [0.25, 0.3) is 0 Å². The lowest BCUT2D eigenvalue weighted by atomic mass is 10.0. The van der Waals surface area contributed by atoms with Crippen molar-refractivity contribution in [1.29, 1.82) is 0 Å². The van der Waals surface area contributed by atoms with E-state index in [9.17, 15) is 0 Å². The van der Waals surface area contributed by atoms with Gasteiger partial charge in [0.1, 0.15) is 0 Å². The predicted octanol–water partition coefficient (Wildman–Crippen LogP) is 14.9. The van der Waals surface area contributed by atoms with Crippen molar-refractivity contribution < 1.29 is 0 Å². The summed E-state index contributed by atoms with van der Waals surface area (Å²) >= 11 is 0. The zero-order chi connectivity index (χ0) is 41.1. The number of anilines is 3. The van der Waals surface area contributed by atoms with E-state index < -0.39 is 0 Å². The Kier molecular flexibility index (Phi) is 11.7. The van der Waals surface area contributed by atoms with Crippen LogP contribution in [0.4, 0.5) is 17.1 Å². The standard InChI is InChI=1S/C57H42N4/c1(4-46-31-37-58-38-32-46)43-7-13-49(14-8-43)52-19-25-55(26-20-52)61(56-27-21-53(22-28-56)50-15-9-44(10-16-50)2-5-47-33-39-59-40-34-47)57-29-23-54(24-30-57)51-17-11-45(12-18-51)3-6-48-35-41-60-42-36-48/h1-42H. The molecule has 4 nitrogen and oxygen atoms in total. The Morgan fingerprint density at radius 1 is 0.213 bits per heavy atom. The fourth-order valence-corrected chi connectivity index (χ4v) is 7.22. The molecule has 0 aliphatic carbocycles. The molecule has 9 rings (SSSR count). The second kappa shape index (κ2) is 18.6. The zero-order valence-corrected chi connectivity index (χ0v) is 33.5. The second-order valence-electron chi connectivity index (χ2n) is 14.7. The summed E-state index contributed by atoms with van der Waals surface area (Å²) in [4.78, 5) is 14.7. The molecule has 6 aromatic carbocycles. The summed E-state index contributed by atoms with van der Waals surface area (Å²) in [5.41, 5.74) is 17.1. The fraction of sp³-hybridized carbons (Fsp3) is 0. The van der Waals surface area contributed by atoms with Crippen LogP contribution >= 0.6 is 0 Å². The minimum atomic E-state index is 1.08. The van der Waals surface area contributed by atoms with Gasteiger partial charge in [0.15, 0.2) is 0 Å². The highest BCUT2D eigenvalue weighted by Gasteiger charge is 2.14. The van der Waals surface area contributed by atoms with Crippen LogP contribution in [-0.2, 0) is 0 Å². The van der Waals surface area contributed by atoms with Crippen LogP contribution in [0.5, 0.6) is 0 Å². The zero-order valence-electron chi connectivity index (χ0n) is 33.5. The van der Waals surface area contributed by atoms with E-state index in [0.29, 0.717) is 0 Å². The van der Waals surface area contributed by atoms with E-state index in [1.807, 2.05) is 73.6 Å². The second-order valence-corrected chi connectivity index (χ2v) is 14.7. The van der Waals surface area contributed by atoms with Gasteiger partial charge in [0.05, 0.1) is 0 Å². The minimum Gasteiger partial charge on any atom is -0.311 e. The van der Waals surface area contributed by atoms with Crippen LogP contribution < -0.4 is 4.90 Å². The summed E-state index contributed by atoms with van der Waals surface area (Å²) in [6, 6.07) is 64.7. The van der Waals surface area contributed by atoms with Crippen LogP contribution in [0.2, 0.25) is 0 Å². The maximum Gasteiger partial charge on any atom is 0.0462 e. The minimum absolute atomic E-state index is 1.08. The molecule has 0 N–H and O–H groups in total. The molecular formula is C57H42N4. The van der Waals surface area contributed by atoms with E-state index in [2.05, 4.69) is 202 Å². The van der Waals surface area contributed by atoms with Gasteiger partial charge in [0, 0.05) is 54.2 Å². The van der Waals surface area contributed by atoms with Crippen LogP contribution in [0.1, 0.15) is 33.4 Å². The first-order chi connectivity index (χ1) is 30.2. The van der Waals surface area contributed by atoms with E-state index in [0.717, 1.165) is 67.1 Å². The summed E-state index contributed by atoms with van der Waals surface area (Å²) < 4.78 is 0. The number of pyridine rings is 3. The van der Waals surface area contributed by atoms with Crippen molar-refractivity contribution in [3.05, 3.63) is 253 Å². The number of nitrogens with zero attached hydrogens (tertiary/aromatic N) is 4. The first kappa shape index (κ1) is 38.3. The Morgan fingerprint density at radius 3 is 0.607 bits per heavy atom. The molecule has 0 radical (unpaired) electrons. The number of aromatic nitrogens is 3. The van der Waals surface area contributed by atoms with Crippen molar-refractivity contribution in [2.75, 3.05) is 4.90 Å². The van der Waals surface area contributed by atoms with E-state index in [1.165, 1.54) is 16.7 Å². The van der Waals surface area contributed by atoms with Gasteiger partial charge < -0.3 is 4.90 Å². The van der Waals surface area contributed by atoms with Crippen molar-refractivity contribution in [1.82, 2.24) is 15.0 Å². The van der Waals surface area contributed by atoms with Crippen LogP contribution in [0.3, 0.4) is 0 Å². The Hall–Kier alpha value is -8.21. The lowest BCUT2D eigenvalue weighted by Crippen LogP contribution is -2.09. The highest BCUT2D eigenvalue weighted by atomic mass is 15.1. The molecule has 0 fully saturated rings. The van der Waals surface area contributed by atoms with Crippen molar-refractivity contribution in [2.24, 2.45) is 0 Å². The molecule has 0 saturated carbocycles. The molecule has 4 heteroatoms. The van der Waals surface area contributed by atoms with Gasteiger partial charge in [-0.25, -0.2) is 0 Å². The smallest absolute Gasteiger partial charge is 0.0462 e. The summed E-state index contributed by atoms with van der Waals surface area (Å²) in [7, 11) is 0. The monoisotopic (exact) mass is 782 g/mol. The number of rotatable bonds is 12. The summed E-state index contributed by atoms with van der Waals surface area (Å²) in [6.07, 6.45) is 23.6. The Bertz CT molecular complexity index is 2540. The van der Waals surface area contributed by atoms with Gasteiger partial charge in [0.2, 0.25) is 0 Å². The predicted molar refractivity (Wildman–Crippen MR) is 257 cm³/mol. The average molecular weight is 783 g/mol. The Morgan fingerprint density at radius 2 is 0.393 bits per heavy atom. The van der Waals surface area contributed by atoms with Crippen molar-refractivity contribution in [3.63, 3.8) is 0 Å². The van der Waals surface area contributed by atoms with Gasteiger partial charge in [-0.15, -0.1) is 0 Å². The van der Waals surface area contributed by atoms with E-state index in [1.54, 1.807) is 0 Å². The first-order valence-corrected chi connectivity index (χ1v) is 20.4. The van der Waals surface area contributed by atoms with Crippen molar-refractivity contribution in [2.45, 2.75) is 0 Å². The molecule has 0 saturated heterocycles. The summed E-state index contributed by atoms with van der Waals surface area (Å²) in [5.74, 6) is 0. The molecular weight excluding hydrogens is 741 g/mol. The normalized spacial score (nSPS) is 11.4. The molecule has 0 aliphatic rings. The van der Waals surface area contributed by atoms with Crippen LogP contribution in [-0.4, -0.2) is 15.0 Å². The highest BCUT2D eigenvalue weighted by molar-refractivity contribution is 5.82. The molecule has 3 aromatic heterocycles. The average Bonchev–Trinajstić information content (AvgIpc) is 3.34. The third kappa shape index (κ3) is 9.74. The molecule has 0 atom stereocenters. The molecule has 0 bridgehead atoms. The van der Waals surface area contributed by atoms with E-state index in [4.69, 9.17) is 0 Å². The third-order valence-electron chi connectivity index (χ3n) is 10.6. The quantitative estimate of drug-likeness (QED) is 0.124. The molecule has 0 unspecified atom stereocenters. The summed E-state index contributed by atoms with van der Waals surface area (Å²) in [5, 5.41) is 0. The lowest BCUT2D eigenvalue weighted by Gasteiger charge is -2.26. The molecule has 0 spiro atoms. The molecule has 61 heavy (non-hydrogen) atoms.